The molecular weight excluding hydrogens is 1010 g/mol. The third kappa shape index (κ3) is 7.59. The zero-order chi connectivity index (χ0) is 57.8. The maximum absolute atomic E-state index is 16.9. The number of alkyl halides is 2. The van der Waals surface area contributed by atoms with Crippen LogP contribution < -0.4 is 0 Å². The molecule has 12 nitrogen and oxygen atoms in total. The van der Waals surface area contributed by atoms with Gasteiger partial charge in [-0.3, -0.25) is 28.8 Å². The van der Waals surface area contributed by atoms with E-state index in [9.17, 15) is 59.4 Å². The molecule has 0 bridgehead atoms. The maximum atomic E-state index is 16.9. The summed E-state index contributed by atoms with van der Waals surface area (Å²) in [5, 5.41) is 63.9. The van der Waals surface area contributed by atoms with Gasteiger partial charge in [0.1, 0.15) is 30.2 Å². The average Bonchev–Trinajstić information content (AvgIpc) is 4.12. The fourth-order valence-corrected chi connectivity index (χ4v) is 21.7. The van der Waals surface area contributed by atoms with Crippen LogP contribution in [0.4, 0.5) is 8.78 Å². The number of allylic oxidation sites excluding steroid dienone is 9. The van der Waals surface area contributed by atoms with Gasteiger partial charge in [0, 0.05) is 45.8 Å². The number of rotatable bonds is 5. The van der Waals surface area contributed by atoms with E-state index in [0.29, 0.717) is 67.2 Å². The van der Waals surface area contributed by atoms with Crippen molar-refractivity contribution in [3.8, 4) is 0 Å². The molecule has 0 radical (unpaired) electrons. The molecule has 0 aromatic rings. The van der Waals surface area contributed by atoms with Gasteiger partial charge in [-0.05, 0) is 200 Å². The molecule has 0 amide bonds. The molecule has 9 saturated carbocycles. The largest absolute Gasteiger partial charge is 0.390 e. The van der Waals surface area contributed by atoms with Crippen LogP contribution in [0.2, 0.25) is 0 Å². The molecule has 12 aliphatic rings. The lowest BCUT2D eigenvalue weighted by molar-refractivity contribution is -0.219. The van der Waals surface area contributed by atoms with Crippen LogP contribution in [0.15, 0.2) is 59.3 Å². The van der Waals surface area contributed by atoms with E-state index in [-0.39, 0.29) is 47.1 Å². The number of ketones is 6. The molecule has 22 atom stereocenters. The second kappa shape index (κ2) is 19.2. The molecule has 0 spiro atoms. The van der Waals surface area contributed by atoms with E-state index in [1.165, 1.54) is 55.6 Å². The minimum absolute atomic E-state index is 0.0676. The molecule has 0 aliphatic heterocycles. The Morgan fingerprint density at radius 3 is 1.47 bits per heavy atom. The molecular formula is C65H88F2O12. The Hall–Kier alpha value is -3.66. The Labute approximate surface area is 465 Å². The smallest absolute Gasteiger partial charge is 0.190 e. The molecule has 12 aliphatic carbocycles. The zero-order valence-corrected chi connectivity index (χ0v) is 48.1. The van der Waals surface area contributed by atoms with Gasteiger partial charge in [0.15, 0.2) is 40.3 Å². The van der Waals surface area contributed by atoms with E-state index in [1.807, 2.05) is 6.08 Å². The Kier molecular flexibility index (Phi) is 14.2. The van der Waals surface area contributed by atoms with Crippen LogP contribution >= 0.6 is 0 Å². The number of carbonyl (C=O) groups excluding carboxylic acids is 6. The SMILES string of the molecule is CC(=O)[C@H]1CC[C@H]2[C@@H]3CCC4=CC(=O)CC[C@]4(C)[C@H]3CC[C@]12C.C[C@@H]1C[C@H]2[C@@H]3CCC4=CC(=O)C=C[C@]4(C)[C@@]3(F)[C@@H](O)C[C@]2(C)[C@@]1(O)C(=O)CO.C[C@H]1C[C@H]2[C@@H]3CCC4=CC(=O)C=C[C@]4(C)[C@@]3(F)[C@@H](O)C[C@]2(C)[C@@]1(O)C(=O)CO. The Morgan fingerprint density at radius 2 is 1.03 bits per heavy atom. The zero-order valence-electron chi connectivity index (χ0n) is 48.1. The van der Waals surface area contributed by atoms with Gasteiger partial charge < -0.3 is 30.6 Å². The third-order valence-electron chi connectivity index (χ3n) is 26.0. The molecule has 6 N–H and O–H groups in total. The molecule has 9 fully saturated rings. The van der Waals surface area contributed by atoms with Gasteiger partial charge in [-0.2, -0.15) is 0 Å². The first-order valence-corrected chi connectivity index (χ1v) is 29.9. The van der Waals surface area contributed by atoms with E-state index in [1.54, 1.807) is 60.6 Å². The first-order chi connectivity index (χ1) is 36.8. The fourth-order valence-electron chi connectivity index (χ4n) is 21.7. The van der Waals surface area contributed by atoms with Gasteiger partial charge in [-0.15, -0.1) is 0 Å². The van der Waals surface area contributed by atoms with Gasteiger partial charge in [0.05, 0.1) is 12.2 Å². The van der Waals surface area contributed by atoms with Crippen molar-refractivity contribution in [1.29, 1.82) is 0 Å². The number of Topliss-reactive ketones (excluding diaryl/α,β-unsaturated/α-hetero) is 3. The minimum Gasteiger partial charge on any atom is -0.390 e. The molecule has 79 heavy (non-hydrogen) atoms. The summed E-state index contributed by atoms with van der Waals surface area (Å²) in [6.07, 6.45) is 19.8. The number of halogens is 2. The summed E-state index contributed by atoms with van der Waals surface area (Å²) in [5.41, 5.74) is -8.39. The summed E-state index contributed by atoms with van der Waals surface area (Å²) >= 11 is 0. The van der Waals surface area contributed by atoms with Crippen LogP contribution in [-0.4, -0.2) is 113 Å². The van der Waals surface area contributed by atoms with Crippen LogP contribution in [0.1, 0.15) is 165 Å². The normalized spacial score (nSPS) is 51.5. The number of fused-ring (bicyclic) bond motifs is 15. The predicted molar refractivity (Wildman–Crippen MR) is 291 cm³/mol. The predicted octanol–water partition coefficient (Wildman–Crippen LogP) is 8.51. The van der Waals surface area contributed by atoms with Crippen molar-refractivity contribution in [2.45, 2.75) is 200 Å². The first-order valence-electron chi connectivity index (χ1n) is 29.9. The highest BCUT2D eigenvalue weighted by atomic mass is 19.1. The number of hydrogen-bond acceptors (Lipinski definition) is 12. The lowest BCUT2D eigenvalue weighted by atomic mass is 9.44. The Bertz CT molecular complexity index is 2650. The first kappa shape index (κ1) is 58.5. The van der Waals surface area contributed by atoms with Crippen molar-refractivity contribution in [3.05, 3.63) is 59.3 Å². The number of aliphatic hydroxyl groups excluding tert-OH is 4. The van der Waals surface area contributed by atoms with Gasteiger partial charge in [-0.1, -0.05) is 70.4 Å². The molecule has 12 rings (SSSR count). The Morgan fingerprint density at radius 1 is 0.570 bits per heavy atom. The number of aliphatic hydroxyl groups is 6. The highest BCUT2D eigenvalue weighted by Gasteiger charge is 2.77. The van der Waals surface area contributed by atoms with Crippen molar-refractivity contribution in [2.75, 3.05) is 13.2 Å². The summed E-state index contributed by atoms with van der Waals surface area (Å²) in [7, 11) is 0. The fraction of sp³-hybridized carbons (Fsp3) is 0.754. The van der Waals surface area contributed by atoms with E-state index in [0.717, 1.165) is 43.4 Å². The van der Waals surface area contributed by atoms with Crippen LogP contribution in [0, 0.1) is 91.7 Å². The van der Waals surface area contributed by atoms with Crippen LogP contribution in [0.25, 0.3) is 0 Å². The van der Waals surface area contributed by atoms with E-state index in [4.69, 9.17) is 0 Å². The lowest BCUT2D eigenvalue weighted by Gasteiger charge is -2.62. The molecule has 0 aromatic heterocycles. The second-order valence-electron chi connectivity index (χ2n) is 28.8. The highest BCUT2D eigenvalue weighted by molar-refractivity contribution is 6.02. The molecule has 0 aromatic carbocycles. The maximum Gasteiger partial charge on any atom is 0.190 e. The number of hydrogen-bond donors (Lipinski definition) is 6. The van der Waals surface area contributed by atoms with Crippen molar-refractivity contribution in [2.24, 2.45) is 91.7 Å². The molecule has 0 saturated heterocycles. The minimum atomic E-state index is -1.98. The van der Waals surface area contributed by atoms with Gasteiger partial charge in [0.25, 0.3) is 0 Å². The number of carbonyl (C=O) groups is 6. The van der Waals surface area contributed by atoms with E-state index in [2.05, 4.69) is 13.8 Å². The van der Waals surface area contributed by atoms with E-state index >= 15 is 8.78 Å². The third-order valence-corrected chi connectivity index (χ3v) is 26.0. The summed E-state index contributed by atoms with van der Waals surface area (Å²) < 4.78 is 33.7. The van der Waals surface area contributed by atoms with Crippen molar-refractivity contribution >= 4 is 34.7 Å². The molecule has 14 heteroatoms. The van der Waals surface area contributed by atoms with Crippen molar-refractivity contribution < 1.29 is 68.2 Å². The van der Waals surface area contributed by atoms with Crippen molar-refractivity contribution in [1.82, 2.24) is 0 Å². The second-order valence-corrected chi connectivity index (χ2v) is 28.8. The van der Waals surface area contributed by atoms with Gasteiger partial charge in [-0.25, -0.2) is 8.78 Å². The van der Waals surface area contributed by atoms with Crippen LogP contribution in [0.5, 0.6) is 0 Å². The molecule has 0 heterocycles. The topological polar surface area (TPSA) is 224 Å². The van der Waals surface area contributed by atoms with Crippen LogP contribution in [0.3, 0.4) is 0 Å². The summed E-state index contributed by atoms with van der Waals surface area (Å²) in [6.45, 7) is 15.6. The quantitative estimate of drug-likeness (QED) is 0.153. The monoisotopic (exact) mass is 1100 g/mol. The van der Waals surface area contributed by atoms with Crippen LogP contribution in [-0.2, 0) is 28.8 Å². The standard InChI is InChI=1S/2C22H29FO5.C21H30O2/c2*1-12-8-16-15-5-4-13-9-14(25)6-7-19(13,2)21(15,23)17(26)10-20(16,3)22(12,28)18(27)11-24;1-13(22)17-6-7-18-16-5-4-14-12-15(23)8-10-20(14,2)19(16)9-11-21(17,18)3/h2*6-7,9,12,15-17,24,26,28H,4-5,8,10-11H2,1-3H3;12,16-19H,4-11H2,1-3H3/t12-,15+,16+,17+,19+,20+,21+,22+;12-,15-,16-,17-,19-,20-,21-,22-;16-,17+,18-,19-,20-,21+/m100/s1. The molecule has 434 valence electrons. The lowest BCUT2D eigenvalue weighted by Crippen LogP contribution is -2.69. The van der Waals surface area contributed by atoms with E-state index < -0.39 is 105 Å². The average molecular weight is 1100 g/mol. The Balaban J connectivity index is 0.000000134. The summed E-state index contributed by atoms with van der Waals surface area (Å²) in [5.74, 6) is -0.948. The highest BCUT2D eigenvalue weighted by Crippen LogP contribution is 2.73. The van der Waals surface area contributed by atoms with Gasteiger partial charge in [0.2, 0.25) is 0 Å². The summed E-state index contributed by atoms with van der Waals surface area (Å²) in [4.78, 5) is 72.8. The molecule has 0 unspecified atom stereocenters. The summed E-state index contributed by atoms with van der Waals surface area (Å²) in [6, 6.07) is 0. The van der Waals surface area contributed by atoms with Gasteiger partial charge >= 0.3 is 0 Å². The van der Waals surface area contributed by atoms with Crippen molar-refractivity contribution in [3.63, 3.8) is 0 Å².